The Kier molecular flexibility index (Phi) is 5.48. The summed E-state index contributed by atoms with van der Waals surface area (Å²) < 4.78 is 74.9. The minimum Gasteiger partial charge on any atom is -0.459 e. The van der Waals surface area contributed by atoms with E-state index in [1.165, 1.54) is 36.1 Å². The number of nitrogens with zero attached hydrogens (tertiary/aromatic N) is 1. The van der Waals surface area contributed by atoms with Gasteiger partial charge in [-0.05, 0) is 55.7 Å². The highest BCUT2D eigenvalue weighted by Gasteiger charge is 2.35. The minimum atomic E-state index is -4.72. The highest BCUT2D eigenvalue weighted by atomic mass is 19.4. The van der Waals surface area contributed by atoms with E-state index in [1.54, 1.807) is 0 Å². The SMILES string of the molecule is CC1(F)CCN(C(=O)c2ccc(-c3cc(C(F)(F)F)c4oc(CN)cc4c3)c(F)c2)CC1. The Hall–Kier alpha value is -2.94. The molecule has 1 saturated heterocycles. The van der Waals surface area contributed by atoms with Gasteiger partial charge in [0, 0.05) is 29.6 Å². The first kappa shape index (κ1) is 22.3. The van der Waals surface area contributed by atoms with E-state index in [1.807, 2.05) is 0 Å². The van der Waals surface area contributed by atoms with Gasteiger partial charge in [0.1, 0.15) is 22.8 Å². The number of likely N-dealkylation sites (tertiary alicyclic amines) is 1. The summed E-state index contributed by atoms with van der Waals surface area (Å²) in [6.45, 7) is 1.83. The van der Waals surface area contributed by atoms with Crippen LogP contribution in [0.2, 0.25) is 0 Å². The van der Waals surface area contributed by atoms with Crippen LogP contribution in [0, 0.1) is 5.82 Å². The fourth-order valence-electron chi connectivity index (χ4n) is 3.91. The van der Waals surface area contributed by atoms with Crippen LogP contribution in [0.15, 0.2) is 40.8 Å². The third-order valence-electron chi connectivity index (χ3n) is 5.79. The summed E-state index contributed by atoms with van der Waals surface area (Å²) in [5.74, 6) is -1.10. The van der Waals surface area contributed by atoms with Gasteiger partial charge in [-0.2, -0.15) is 13.2 Å². The summed E-state index contributed by atoms with van der Waals surface area (Å²) in [4.78, 5) is 14.1. The van der Waals surface area contributed by atoms with Crippen molar-refractivity contribution in [2.45, 2.75) is 38.2 Å². The van der Waals surface area contributed by atoms with Crippen molar-refractivity contribution in [3.8, 4) is 11.1 Å². The fourth-order valence-corrected chi connectivity index (χ4v) is 3.91. The summed E-state index contributed by atoms with van der Waals surface area (Å²) >= 11 is 0. The van der Waals surface area contributed by atoms with Crippen LogP contribution < -0.4 is 5.73 Å². The van der Waals surface area contributed by atoms with Crippen molar-refractivity contribution in [3.05, 3.63) is 59.1 Å². The van der Waals surface area contributed by atoms with E-state index in [0.29, 0.717) is 0 Å². The predicted octanol–water partition coefficient (Wildman–Crippen LogP) is 5.68. The normalized spacial score (nSPS) is 16.5. The van der Waals surface area contributed by atoms with Crippen LogP contribution in [0.3, 0.4) is 0 Å². The number of amides is 1. The summed E-state index contributed by atoms with van der Waals surface area (Å²) in [5, 5.41) is 0.150. The average molecular weight is 452 g/mol. The molecule has 170 valence electrons. The van der Waals surface area contributed by atoms with E-state index in [0.717, 1.165) is 12.1 Å². The van der Waals surface area contributed by atoms with Gasteiger partial charge in [-0.1, -0.05) is 6.07 Å². The maximum Gasteiger partial charge on any atom is 0.420 e. The number of hydrogen-bond acceptors (Lipinski definition) is 3. The molecule has 0 atom stereocenters. The predicted molar refractivity (Wildman–Crippen MR) is 109 cm³/mol. The molecular weight excluding hydrogens is 431 g/mol. The number of carbonyl (C=O) groups excluding carboxylic acids is 1. The molecular formula is C23H21F5N2O2. The lowest BCUT2D eigenvalue weighted by Crippen LogP contribution is -2.43. The summed E-state index contributed by atoms with van der Waals surface area (Å²) in [7, 11) is 0. The molecule has 3 aromatic rings. The van der Waals surface area contributed by atoms with E-state index in [9.17, 15) is 26.7 Å². The molecule has 2 aromatic carbocycles. The Balaban J connectivity index is 1.69. The number of nitrogens with two attached hydrogens (primary N) is 1. The van der Waals surface area contributed by atoms with Gasteiger partial charge in [-0.15, -0.1) is 0 Å². The second-order valence-electron chi connectivity index (χ2n) is 8.26. The molecule has 0 bridgehead atoms. The third-order valence-corrected chi connectivity index (χ3v) is 5.79. The molecule has 9 heteroatoms. The van der Waals surface area contributed by atoms with Gasteiger partial charge in [0.25, 0.3) is 5.91 Å². The molecule has 0 spiro atoms. The van der Waals surface area contributed by atoms with Gasteiger partial charge in [-0.25, -0.2) is 8.78 Å². The molecule has 0 aliphatic carbocycles. The monoisotopic (exact) mass is 452 g/mol. The second kappa shape index (κ2) is 7.88. The Labute approximate surface area is 180 Å². The van der Waals surface area contributed by atoms with E-state index < -0.39 is 29.1 Å². The molecule has 0 radical (unpaired) electrons. The number of piperidine rings is 1. The van der Waals surface area contributed by atoms with Gasteiger partial charge in [0.15, 0.2) is 0 Å². The number of carbonyl (C=O) groups is 1. The number of alkyl halides is 4. The van der Waals surface area contributed by atoms with Crippen LogP contribution in [0.1, 0.15) is 41.4 Å². The Morgan fingerprint density at radius 1 is 1.16 bits per heavy atom. The maximum atomic E-state index is 14.9. The van der Waals surface area contributed by atoms with Crippen molar-refractivity contribution >= 4 is 16.9 Å². The summed E-state index contributed by atoms with van der Waals surface area (Å²) in [6, 6.07) is 7.23. The van der Waals surface area contributed by atoms with E-state index >= 15 is 0 Å². The Morgan fingerprint density at radius 2 is 1.84 bits per heavy atom. The topological polar surface area (TPSA) is 59.5 Å². The van der Waals surface area contributed by atoms with E-state index in [4.69, 9.17) is 10.2 Å². The van der Waals surface area contributed by atoms with Crippen molar-refractivity contribution in [3.63, 3.8) is 0 Å². The Morgan fingerprint density at radius 3 is 2.44 bits per heavy atom. The molecule has 4 rings (SSSR count). The number of benzene rings is 2. The standard InChI is InChI=1S/C23H21F5N2O2/c1-22(25)4-6-30(7-5-22)21(31)13-2-3-17(19(24)11-13)14-8-15-9-16(12-29)32-20(15)18(10-14)23(26,27)28/h2-3,8-11H,4-7,12,29H2,1H3. The first-order valence-corrected chi connectivity index (χ1v) is 10.1. The quantitative estimate of drug-likeness (QED) is 0.520. The lowest BCUT2D eigenvalue weighted by Gasteiger charge is -2.34. The molecule has 32 heavy (non-hydrogen) atoms. The molecule has 1 fully saturated rings. The second-order valence-corrected chi connectivity index (χ2v) is 8.26. The molecule has 0 saturated carbocycles. The molecule has 0 unspecified atom stereocenters. The lowest BCUT2D eigenvalue weighted by molar-refractivity contribution is -0.136. The van der Waals surface area contributed by atoms with Gasteiger partial charge in [0.05, 0.1) is 12.1 Å². The number of furan rings is 1. The Bertz CT molecular complexity index is 1170. The molecule has 1 aromatic heterocycles. The van der Waals surface area contributed by atoms with Crippen LogP contribution in [0.25, 0.3) is 22.1 Å². The first-order valence-electron chi connectivity index (χ1n) is 10.1. The van der Waals surface area contributed by atoms with Crippen LogP contribution in [0.4, 0.5) is 22.0 Å². The number of fused-ring (bicyclic) bond motifs is 1. The van der Waals surface area contributed by atoms with Crippen LogP contribution in [0.5, 0.6) is 0 Å². The minimum absolute atomic E-state index is 0.00290. The van der Waals surface area contributed by atoms with Gasteiger partial charge in [0.2, 0.25) is 0 Å². The molecule has 2 N–H and O–H groups in total. The maximum absolute atomic E-state index is 14.9. The highest BCUT2D eigenvalue weighted by molar-refractivity contribution is 5.95. The molecule has 1 aliphatic heterocycles. The highest BCUT2D eigenvalue weighted by Crippen LogP contribution is 2.40. The molecule has 4 nitrogen and oxygen atoms in total. The van der Waals surface area contributed by atoms with Crippen LogP contribution in [-0.4, -0.2) is 29.6 Å². The van der Waals surface area contributed by atoms with Crippen molar-refractivity contribution in [1.82, 2.24) is 4.90 Å². The zero-order chi connectivity index (χ0) is 23.3. The van der Waals surface area contributed by atoms with E-state index in [-0.39, 0.29) is 65.9 Å². The molecule has 1 amide bonds. The van der Waals surface area contributed by atoms with Crippen LogP contribution in [-0.2, 0) is 12.7 Å². The van der Waals surface area contributed by atoms with Crippen LogP contribution >= 0.6 is 0 Å². The summed E-state index contributed by atoms with van der Waals surface area (Å²) in [5.41, 5.74) is 2.71. The largest absolute Gasteiger partial charge is 0.459 e. The summed E-state index contributed by atoms with van der Waals surface area (Å²) in [6.07, 6.45) is -4.34. The van der Waals surface area contributed by atoms with Gasteiger partial charge >= 0.3 is 6.18 Å². The van der Waals surface area contributed by atoms with E-state index in [2.05, 4.69) is 0 Å². The van der Waals surface area contributed by atoms with Gasteiger partial charge in [-0.3, -0.25) is 4.79 Å². The molecule has 2 heterocycles. The first-order chi connectivity index (χ1) is 15.0. The fraction of sp³-hybridized carbons (Fsp3) is 0.348. The smallest absolute Gasteiger partial charge is 0.420 e. The lowest BCUT2D eigenvalue weighted by atomic mass is 9.95. The number of hydrogen-bond donors (Lipinski definition) is 1. The number of halogens is 5. The zero-order valence-corrected chi connectivity index (χ0v) is 17.2. The van der Waals surface area contributed by atoms with Crippen molar-refractivity contribution in [2.75, 3.05) is 13.1 Å². The molecule has 1 aliphatic rings. The zero-order valence-electron chi connectivity index (χ0n) is 17.2. The van der Waals surface area contributed by atoms with Crippen molar-refractivity contribution in [1.29, 1.82) is 0 Å². The average Bonchev–Trinajstić information content (AvgIpc) is 3.15. The number of rotatable bonds is 3. The van der Waals surface area contributed by atoms with Crippen molar-refractivity contribution in [2.24, 2.45) is 5.73 Å². The van der Waals surface area contributed by atoms with Crippen molar-refractivity contribution < 1.29 is 31.2 Å². The van der Waals surface area contributed by atoms with Gasteiger partial charge < -0.3 is 15.1 Å². The third kappa shape index (κ3) is 4.21.